The number of carbonyl (C=O) groups excluding carboxylic acids is 1. The molecule has 116 valence electrons. The van der Waals surface area contributed by atoms with Gasteiger partial charge < -0.3 is 10.2 Å². The molecule has 6 nitrogen and oxygen atoms in total. The molecule has 0 unspecified atom stereocenters. The van der Waals surface area contributed by atoms with Crippen LogP contribution in [-0.4, -0.2) is 52.0 Å². The van der Waals surface area contributed by atoms with E-state index >= 15 is 0 Å². The molecule has 1 N–H and O–H groups in total. The third kappa shape index (κ3) is 2.81. The summed E-state index contributed by atoms with van der Waals surface area (Å²) in [7, 11) is 1.90. The first kappa shape index (κ1) is 14.5. The van der Waals surface area contributed by atoms with Crippen molar-refractivity contribution in [2.75, 3.05) is 20.1 Å². The van der Waals surface area contributed by atoms with Crippen LogP contribution >= 0.6 is 0 Å². The normalized spacial score (nSPS) is 20.9. The molecule has 1 aliphatic carbocycles. The van der Waals surface area contributed by atoms with Crippen molar-refractivity contribution < 1.29 is 4.79 Å². The standard InChI is InChI=1S/C15H25N5O/c1-11-14(15(21)19(2)12-5-3-4-6-12)17-18-20(11)13-7-9-16-10-8-13/h12-13,16H,3-10H2,1-2H3. The van der Waals surface area contributed by atoms with Gasteiger partial charge in [-0.2, -0.15) is 0 Å². The van der Waals surface area contributed by atoms with Gasteiger partial charge in [0.15, 0.2) is 5.69 Å². The lowest BCUT2D eigenvalue weighted by Crippen LogP contribution is -2.36. The van der Waals surface area contributed by atoms with Crippen LogP contribution in [0.4, 0.5) is 0 Å². The van der Waals surface area contributed by atoms with E-state index in [1.807, 2.05) is 23.6 Å². The molecule has 1 aliphatic heterocycles. The number of hydrogen-bond acceptors (Lipinski definition) is 4. The predicted molar refractivity (Wildman–Crippen MR) is 80.2 cm³/mol. The van der Waals surface area contributed by atoms with Crippen molar-refractivity contribution in [2.24, 2.45) is 0 Å². The van der Waals surface area contributed by atoms with Crippen LogP contribution in [0, 0.1) is 6.92 Å². The van der Waals surface area contributed by atoms with Crippen LogP contribution in [0.3, 0.4) is 0 Å². The average Bonchev–Trinajstić information content (AvgIpc) is 3.16. The van der Waals surface area contributed by atoms with E-state index in [9.17, 15) is 4.79 Å². The summed E-state index contributed by atoms with van der Waals surface area (Å²) < 4.78 is 1.95. The van der Waals surface area contributed by atoms with Crippen molar-refractivity contribution in [3.8, 4) is 0 Å². The average molecular weight is 291 g/mol. The highest BCUT2D eigenvalue weighted by Crippen LogP contribution is 2.25. The maximum absolute atomic E-state index is 12.6. The maximum Gasteiger partial charge on any atom is 0.276 e. The van der Waals surface area contributed by atoms with Gasteiger partial charge in [0.2, 0.25) is 0 Å². The molecule has 0 spiro atoms. The van der Waals surface area contributed by atoms with Crippen LogP contribution in [0.1, 0.15) is 60.7 Å². The first-order valence-corrected chi connectivity index (χ1v) is 8.08. The van der Waals surface area contributed by atoms with Crippen LogP contribution in [-0.2, 0) is 0 Å². The Labute approximate surface area is 125 Å². The fourth-order valence-electron chi connectivity index (χ4n) is 3.56. The number of rotatable bonds is 3. The first-order valence-electron chi connectivity index (χ1n) is 8.08. The molecule has 0 radical (unpaired) electrons. The topological polar surface area (TPSA) is 63.1 Å². The summed E-state index contributed by atoms with van der Waals surface area (Å²) in [6.45, 7) is 3.99. The number of nitrogens with one attached hydrogen (secondary N) is 1. The number of hydrogen-bond donors (Lipinski definition) is 1. The molecule has 0 bridgehead atoms. The Morgan fingerprint density at radius 2 is 1.90 bits per heavy atom. The lowest BCUT2D eigenvalue weighted by atomic mass is 10.1. The van der Waals surface area contributed by atoms with Crippen LogP contribution in [0.2, 0.25) is 0 Å². The first-order chi connectivity index (χ1) is 10.2. The summed E-state index contributed by atoms with van der Waals surface area (Å²) >= 11 is 0. The lowest BCUT2D eigenvalue weighted by Gasteiger charge is -2.25. The zero-order valence-electron chi connectivity index (χ0n) is 13.0. The zero-order chi connectivity index (χ0) is 14.8. The van der Waals surface area contributed by atoms with Crippen molar-refractivity contribution in [1.82, 2.24) is 25.2 Å². The SMILES string of the molecule is Cc1c(C(=O)N(C)C2CCCC2)nnn1C1CCNCC1. The van der Waals surface area contributed by atoms with Crippen LogP contribution < -0.4 is 5.32 Å². The van der Waals surface area contributed by atoms with E-state index in [0.29, 0.717) is 17.8 Å². The maximum atomic E-state index is 12.6. The van der Waals surface area contributed by atoms with E-state index in [4.69, 9.17) is 0 Å². The van der Waals surface area contributed by atoms with Crippen molar-refractivity contribution in [3.05, 3.63) is 11.4 Å². The third-order valence-electron chi connectivity index (χ3n) is 4.98. The van der Waals surface area contributed by atoms with Crippen LogP contribution in [0.25, 0.3) is 0 Å². The molecule has 1 aromatic heterocycles. The second-order valence-electron chi connectivity index (χ2n) is 6.30. The van der Waals surface area contributed by atoms with E-state index in [1.54, 1.807) is 0 Å². The Morgan fingerprint density at radius 1 is 1.24 bits per heavy atom. The van der Waals surface area contributed by atoms with E-state index in [1.165, 1.54) is 12.8 Å². The van der Waals surface area contributed by atoms with Gasteiger partial charge in [0.1, 0.15) is 0 Å². The molecular weight excluding hydrogens is 266 g/mol. The van der Waals surface area contributed by atoms with Gasteiger partial charge in [-0.3, -0.25) is 4.79 Å². The molecule has 0 aromatic carbocycles. The van der Waals surface area contributed by atoms with Crippen molar-refractivity contribution >= 4 is 5.91 Å². The van der Waals surface area contributed by atoms with Gasteiger partial charge in [-0.05, 0) is 45.7 Å². The van der Waals surface area contributed by atoms with Crippen LogP contribution in [0.15, 0.2) is 0 Å². The highest BCUT2D eigenvalue weighted by atomic mass is 16.2. The van der Waals surface area contributed by atoms with E-state index in [-0.39, 0.29) is 5.91 Å². The highest BCUT2D eigenvalue weighted by Gasteiger charge is 2.29. The number of piperidine rings is 1. The number of carbonyl (C=O) groups is 1. The van der Waals surface area contributed by atoms with Gasteiger partial charge in [0.25, 0.3) is 5.91 Å². The Balaban J connectivity index is 1.75. The molecular formula is C15H25N5O. The molecule has 2 fully saturated rings. The van der Waals surface area contributed by atoms with Gasteiger partial charge in [0, 0.05) is 13.1 Å². The minimum Gasteiger partial charge on any atom is -0.337 e. The Morgan fingerprint density at radius 3 is 2.57 bits per heavy atom. The van der Waals surface area contributed by atoms with E-state index < -0.39 is 0 Å². The highest BCUT2D eigenvalue weighted by molar-refractivity contribution is 5.93. The summed E-state index contributed by atoms with van der Waals surface area (Å²) in [5.74, 6) is 0.0274. The second-order valence-corrected chi connectivity index (χ2v) is 6.30. The van der Waals surface area contributed by atoms with Gasteiger partial charge in [-0.25, -0.2) is 4.68 Å². The van der Waals surface area contributed by atoms with Gasteiger partial charge in [0.05, 0.1) is 11.7 Å². The predicted octanol–water partition coefficient (Wildman–Crippen LogP) is 1.53. The summed E-state index contributed by atoms with van der Waals surface area (Å²) in [5, 5.41) is 11.8. The quantitative estimate of drug-likeness (QED) is 0.917. The molecule has 21 heavy (non-hydrogen) atoms. The van der Waals surface area contributed by atoms with Crippen molar-refractivity contribution in [2.45, 2.75) is 57.5 Å². The summed E-state index contributed by atoms with van der Waals surface area (Å²) in [6, 6.07) is 0.748. The lowest BCUT2D eigenvalue weighted by molar-refractivity contribution is 0.0728. The van der Waals surface area contributed by atoms with Gasteiger partial charge in [-0.1, -0.05) is 18.1 Å². The molecule has 2 aliphatic rings. The number of nitrogens with zero attached hydrogens (tertiary/aromatic N) is 4. The second kappa shape index (κ2) is 6.13. The Kier molecular flexibility index (Phi) is 4.24. The number of amides is 1. The van der Waals surface area contributed by atoms with Gasteiger partial charge >= 0.3 is 0 Å². The van der Waals surface area contributed by atoms with Gasteiger partial charge in [-0.15, -0.1) is 5.10 Å². The molecule has 2 heterocycles. The number of aromatic nitrogens is 3. The summed E-state index contributed by atoms with van der Waals surface area (Å²) in [4.78, 5) is 14.5. The monoisotopic (exact) mass is 291 g/mol. The minimum absolute atomic E-state index is 0.0274. The molecule has 1 saturated heterocycles. The molecule has 0 atom stereocenters. The van der Waals surface area contributed by atoms with Crippen molar-refractivity contribution in [1.29, 1.82) is 0 Å². The summed E-state index contributed by atoms with van der Waals surface area (Å²) in [5.41, 5.74) is 1.44. The Hall–Kier alpha value is -1.43. The third-order valence-corrected chi connectivity index (χ3v) is 4.98. The molecule has 6 heteroatoms. The smallest absolute Gasteiger partial charge is 0.276 e. The summed E-state index contributed by atoms with van der Waals surface area (Å²) in [6.07, 6.45) is 6.78. The van der Waals surface area contributed by atoms with E-state index in [0.717, 1.165) is 44.5 Å². The largest absolute Gasteiger partial charge is 0.337 e. The molecule has 1 amide bonds. The molecule has 1 saturated carbocycles. The van der Waals surface area contributed by atoms with E-state index in [2.05, 4.69) is 15.6 Å². The van der Waals surface area contributed by atoms with Crippen molar-refractivity contribution in [3.63, 3.8) is 0 Å². The molecule has 3 rings (SSSR count). The zero-order valence-corrected chi connectivity index (χ0v) is 13.0. The fourth-order valence-corrected chi connectivity index (χ4v) is 3.56. The fraction of sp³-hybridized carbons (Fsp3) is 0.800. The Bertz CT molecular complexity index is 500. The van der Waals surface area contributed by atoms with Crippen LogP contribution in [0.5, 0.6) is 0 Å². The molecule has 1 aromatic rings. The minimum atomic E-state index is 0.0274.